The first-order chi connectivity index (χ1) is 21.6. The van der Waals surface area contributed by atoms with Gasteiger partial charge in [-0.05, 0) is 94.5 Å². The van der Waals surface area contributed by atoms with E-state index in [4.69, 9.17) is 18.3 Å². The summed E-state index contributed by atoms with van der Waals surface area (Å²) < 4.78 is 26.4. The van der Waals surface area contributed by atoms with Gasteiger partial charge in [-0.1, -0.05) is 86.5 Å². The van der Waals surface area contributed by atoms with Crippen LogP contribution in [-0.4, -0.2) is 53.9 Å². The average Bonchev–Trinajstić information content (AvgIpc) is 2.92. The van der Waals surface area contributed by atoms with Crippen molar-refractivity contribution in [3.05, 3.63) is 23.8 Å². The van der Waals surface area contributed by atoms with E-state index in [-0.39, 0.29) is 52.7 Å². The lowest BCUT2D eigenvalue weighted by Gasteiger charge is -2.52. The number of cyclic esters (lactones) is 1. The highest BCUT2D eigenvalue weighted by molar-refractivity contribution is 6.48. The quantitative estimate of drug-likeness (QED) is 0.142. The summed E-state index contributed by atoms with van der Waals surface area (Å²) in [5.41, 5.74) is 0.162. The number of rotatable bonds is 13. The van der Waals surface area contributed by atoms with Crippen LogP contribution in [0.1, 0.15) is 121 Å². The molecule has 3 rings (SSSR count). The molecular formula is C39H70O6Si2. The van der Waals surface area contributed by atoms with E-state index >= 15 is 0 Å². The summed E-state index contributed by atoms with van der Waals surface area (Å²) in [6.45, 7) is 30.8. The first-order valence-corrected chi connectivity index (χ1v) is 24.3. The largest absolute Gasteiger partial charge is 0.461 e. The number of carbonyl (C=O) groups is 2. The number of hydrogen-bond donors (Lipinski definition) is 0. The van der Waals surface area contributed by atoms with Crippen molar-refractivity contribution in [3.63, 3.8) is 0 Å². The van der Waals surface area contributed by atoms with E-state index in [1.54, 1.807) is 0 Å². The molecule has 1 unspecified atom stereocenters. The molecule has 47 heavy (non-hydrogen) atoms. The third-order valence-corrected chi connectivity index (χ3v) is 13.0. The Hall–Kier alpha value is -1.23. The zero-order valence-corrected chi connectivity index (χ0v) is 34.8. The van der Waals surface area contributed by atoms with Gasteiger partial charge in [0.1, 0.15) is 18.3 Å². The van der Waals surface area contributed by atoms with Crippen LogP contribution in [0.4, 0.5) is 0 Å². The molecule has 2 aliphatic carbocycles. The lowest BCUT2D eigenvalue weighted by Crippen LogP contribution is -2.55. The Morgan fingerprint density at radius 1 is 0.894 bits per heavy atom. The van der Waals surface area contributed by atoms with Crippen LogP contribution in [0.2, 0.25) is 26.2 Å². The van der Waals surface area contributed by atoms with Crippen LogP contribution >= 0.6 is 0 Å². The highest BCUT2D eigenvalue weighted by Gasteiger charge is 2.53. The van der Waals surface area contributed by atoms with Gasteiger partial charge in [0, 0.05) is 24.2 Å². The molecule has 1 aliphatic heterocycles. The second-order valence-electron chi connectivity index (χ2n) is 18.2. The SMILES string of the molecule is CCCC(C)(CCC)C(=O)O[C@H]1C[C@H](C(C)(C)C)C=C2C=CC[C@H]([C@](C)(C[C@H]3C[C@H](C(C)(C)C)C(O[SiH](C)C)C(=O)O3)O[SiH](C)C)[C@H]21. The molecule has 0 saturated carbocycles. The first-order valence-electron chi connectivity index (χ1n) is 18.8. The van der Waals surface area contributed by atoms with Gasteiger partial charge >= 0.3 is 11.9 Å². The van der Waals surface area contributed by atoms with E-state index in [0.717, 1.165) is 44.9 Å². The number of ether oxygens (including phenoxy) is 2. The fourth-order valence-electron chi connectivity index (χ4n) is 8.75. The van der Waals surface area contributed by atoms with Crippen molar-refractivity contribution < 1.29 is 27.9 Å². The van der Waals surface area contributed by atoms with Crippen LogP contribution in [0.15, 0.2) is 23.8 Å². The second kappa shape index (κ2) is 15.8. The molecule has 0 radical (unpaired) electrons. The Balaban J connectivity index is 2.04. The highest BCUT2D eigenvalue weighted by atomic mass is 28.3. The van der Waals surface area contributed by atoms with E-state index in [2.05, 4.69) is 114 Å². The molecule has 0 N–H and O–H groups in total. The average molecular weight is 691 g/mol. The number of esters is 2. The maximum Gasteiger partial charge on any atom is 0.334 e. The van der Waals surface area contributed by atoms with Gasteiger partial charge in [0.2, 0.25) is 0 Å². The Morgan fingerprint density at radius 3 is 2.02 bits per heavy atom. The van der Waals surface area contributed by atoms with Crippen LogP contribution in [0, 0.1) is 39.9 Å². The van der Waals surface area contributed by atoms with Crippen molar-refractivity contribution in [3.8, 4) is 0 Å². The van der Waals surface area contributed by atoms with Crippen molar-refractivity contribution in [2.75, 3.05) is 0 Å². The molecule has 0 bridgehead atoms. The maximum atomic E-state index is 14.1. The summed E-state index contributed by atoms with van der Waals surface area (Å²) in [5.74, 6) is 0.186. The van der Waals surface area contributed by atoms with Crippen LogP contribution in [0.25, 0.3) is 0 Å². The molecule has 8 heteroatoms. The van der Waals surface area contributed by atoms with Crippen molar-refractivity contribution in [1.29, 1.82) is 0 Å². The predicted octanol–water partition coefficient (Wildman–Crippen LogP) is 9.18. The topological polar surface area (TPSA) is 71.1 Å². The molecule has 8 atom stereocenters. The lowest BCUT2D eigenvalue weighted by atomic mass is 9.61. The third kappa shape index (κ3) is 9.94. The molecule has 0 spiro atoms. The predicted molar refractivity (Wildman–Crippen MR) is 198 cm³/mol. The fourth-order valence-corrected chi connectivity index (χ4v) is 11.0. The number of hydrogen-bond acceptors (Lipinski definition) is 6. The van der Waals surface area contributed by atoms with E-state index in [0.29, 0.717) is 12.3 Å². The molecule has 3 aliphatic rings. The van der Waals surface area contributed by atoms with Crippen LogP contribution in [0.3, 0.4) is 0 Å². The summed E-state index contributed by atoms with van der Waals surface area (Å²) in [5, 5.41) is 0. The van der Waals surface area contributed by atoms with E-state index in [9.17, 15) is 9.59 Å². The minimum Gasteiger partial charge on any atom is -0.461 e. The molecule has 1 saturated heterocycles. The Kier molecular flexibility index (Phi) is 13.5. The normalized spacial score (nSPS) is 30.1. The summed E-state index contributed by atoms with van der Waals surface area (Å²) in [6.07, 6.45) is 12.6. The van der Waals surface area contributed by atoms with Gasteiger partial charge in [-0.15, -0.1) is 0 Å². The Labute approximate surface area is 291 Å². The number of allylic oxidation sites excluding steroid dienone is 3. The van der Waals surface area contributed by atoms with Crippen LogP contribution in [0.5, 0.6) is 0 Å². The zero-order chi connectivity index (χ0) is 35.5. The number of carbonyl (C=O) groups excluding carboxylic acids is 2. The molecule has 0 aromatic rings. The molecule has 0 aromatic carbocycles. The highest BCUT2D eigenvalue weighted by Crippen LogP contribution is 2.51. The van der Waals surface area contributed by atoms with Crippen molar-refractivity contribution >= 4 is 30.0 Å². The van der Waals surface area contributed by atoms with Gasteiger partial charge in [-0.2, -0.15) is 0 Å². The van der Waals surface area contributed by atoms with Crippen LogP contribution in [-0.2, 0) is 27.9 Å². The van der Waals surface area contributed by atoms with Crippen molar-refractivity contribution in [2.24, 2.45) is 39.9 Å². The van der Waals surface area contributed by atoms with E-state index in [1.807, 2.05) is 0 Å². The fraction of sp³-hybridized carbons (Fsp3) is 0.846. The van der Waals surface area contributed by atoms with Gasteiger partial charge < -0.3 is 18.3 Å². The molecule has 6 nitrogen and oxygen atoms in total. The smallest absolute Gasteiger partial charge is 0.334 e. The standard InChI is InChI=1S/C39H70O6Si2/c1-15-20-38(9,21-16-2)35(41)43-31-23-27(36(3,4)5)22-26-18-17-19-29(32(26)31)39(10,45-47(13)14)25-28-24-30(37(6,7)8)33(34(40)42-28)44-46(11)12/h17-18,22,27-33,46-47H,15-16,19-21,23-25H2,1-14H3/t27-,28-,29+,30+,31+,32+,33?,39+/m1/s1. The Bertz CT molecular complexity index is 1130. The molecule has 1 heterocycles. The molecular weight excluding hydrogens is 621 g/mol. The number of fused-ring (bicyclic) bond motifs is 1. The molecule has 0 aromatic heterocycles. The third-order valence-electron chi connectivity index (χ3n) is 11.1. The Morgan fingerprint density at radius 2 is 1.51 bits per heavy atom. The molecule has 0 amide bonds. The lowest BCUT2D eigenvalue weighted by molar-refractivity contribution is -0.183. The summed E-state index contributed by atoms with van der Waals surface area (Å²) >= 11 is 0. The first kappa shape index (κ1) is 40.2. The second-order valence-corrected chi connectivity index (χ2v) is 22.9. The minimum absolute atomic E-state index is 0.0218. The van der Waals surface area contributed by atoms with Gasteiger partial charge in [0.05, 0.1) is 11.0 Å². The van der Waals surface area contributed by atoms with Crippen LogP contribution < -0.4 is 0 Å². The van der Waals surface area contributed by atoms with E-state index < -0.39 is 35.2 Å². The van der Waals surface area contributed by atoms with Crippen molar-refractivity contribution in [2.45, 2.75) is 171 Å². The maximum absolute atomic E-state index is 14.1. The molecule has 270 valence electrons. The zero-order valence-electron chi connectivity index (χ0n) is 32.5. The summed E-state index contributed by atoms with van der Waals surface area (Å²) in [7, 11) is -2.98. The van der Waals surface area contributed by atoms with Gasteiger partial charge in [-0.25, -0.2) is 4.79 Å². The molecule has 1 fully saturated rings. The summed E-state index contributed by atoms with van der Waals surface area (Å²) in [4.78, 5) is 27.7. The van der Waals surface area contributed by atoms with Gasteiger partial charge in [0.15, 0.2) is 18.1 Å². The van der Waals surface area contributed by atoms with Crippen molar-refractivity contribution in [1.82, 2.24) is 0 Å². The van der Waals surface area contributed by atoms with E-state index in [1.165, 1.54) is 5.57 Å². The monoisotopic (exact) mass is 690 g/mol. The van der Waals surface area contributed by atoms with Gasteiger partial charge in [-0.3, -0.25) is 4.79 Å². The summed E-state index contributed by atoms with van der Waals surface area (Å²) in [6, 6.07) is 0. The van der Waals surface area contributed by atoms with Gasteiger partial charge in [0.25, 0.3) is 0 Å². The minimum atomic E-state index is -1.53.